The van der Waals surface area contributed by atoms with Crippen molar-refractivity contribution in [1.29, 1.82) is 0 Å². The van der Waals surface area contributed by atoms with Gasteiger partial charge in [0.05, 0.1) is 6.61 Å². The number of benzene rings is 1. The number of aromatic nitrogens is 1. The van der Waals surface area contributed by atoms with Crippen LogP contribution in [0.15, 0.2) is 42.7 Å². The maximum atomic E-state index is 13.1. The molecule has 1 aliphatic heterocycles. The topological polar surface area (TPSA) is 77.7 Å². The molecule has 0 saturated carbocycles. The van der Waals surface area contributed by atoms with Gasteiger partial charge in [-0.25, -0.2) is 0 Å². The number of pyridine rings is 1. The zero-order valence-electron chi connectivity index (χ0n) is 16.6. The Bertz CT molecular complexity index is 782. The molecule has 28 heavy (non-hydrogen) atoms. The van der Waals surface area contributed by atoms with Gasteiger partial charge in [0.25, 0.3) is 5.91 Å². The molecule has 0 unspecified atom stereocenters. The molecule has 2 N–H and O–H groups in total. The molecular formula is C22H29N3O3. The molecular weight excluding hydrogens is 354 g/mol. The Morgan fingerprint density at radius 1 is 1.21 bits per heavy atom. The fraction of sp³-hybridized carbons (Fsp3) is 0.455. The number of carbonyl (C=O) groups excluding carboxylic acids is 1. The monoisotopic (exact) mass is 383 g/mol. The van der Waals surface area contributed by atoms with Crippen molar-refractivity contribution < 1.29 is 14.3 Å². The minimum absolute atomic E-state index is 0.00337. The summed E-state index contributed by atoms with van der Waals surface area (Å²) >= 11 is 0. The molecule has 1 aliphatic rings. The molecule has 6 nitrogen and oxygen atoms in total. The fourth-order valence-corrected chi connectivity index (χ4v) is 3.70. The van der Waals surface area contributed by atoms with E-state index in [1.165, 1.54) is 0 Å². The van der Waals surface area contributed by atoms with E-state index < -0.39 is 0 Å². The highest BCUT2D eigenvalue weighted by molar-refractivity contribution is 5.95. The molecule has 1 fully saturated rings. The maximum Gasteiger partial charge on any atom is 0.254 e. The number of piperidine rings is 1. The molecule has 2 atom stereocenters. The number of carbonyl (C=O) groups is 1. The van der Waals surface area contributed by atoms with E-state index in [0.717, 1.165) is 24.9 Å². The van der Waals surface area contributed by atoms with Crippen molar-refractivity contribution in [2.75, 3.05) is 19.7 Å². The van der Waals surface area contributed by atoms with Crippen LogP contribution in [0.3, 0.4) is 0 Å². The van der Waals surface area contributed by atoms with Crippen molar-refractivity contribution in [3.05, 3.63) is 53.9 Å². The van der Waals surface area contributed by atoms with Gasteiger partial charge in [-0.05, 0) is 61.6 Å². The number of amides is 1. The molecule has 6 heteroatoms. The quantitative estimate of drug-likeness (QED) is 0.794. The van der Waals surface area contributed by atoms with Crippen molar-refractivity contribution in [2.24, 2.45) is 11.7 Å². The molecule has 0 spiro atoms. The maximum absolute atomic E-state index is 13.1. The Morgan fingerprint density at radius 3 is 2.71 bits per heavy atom. The van der Waals surface area contributed by atoms with Crippen molar-refractivity contribution in [3.63, 3.8) is 0 Å². The Balaban J connectivity index is 1.78. The summed E-state index contributed by atoms with van der Waals surface area (Å²) in [5.74, 6) is 1.62. The fourth-order valence-electron chi connectivity index (χ4n) is 3.70. The van der Waals surface area contributed by atoms with E-state index in [1.807, 2.05) is 30.0 Å². The van der Waals surface area contributed by atoms with Gasteiger partial charge in [0, 0.05) is 37.1 Å². The van der Waals surface area contributed by atoms with E-state index in [-0.39, 0.29) is 11.9 Å². The van der Waals surface area contributed by atoms with Crippen molar-refractivity contribution in [2.45, 2.75) is 39.3 Å². The molecule has 1 aromatic carbocycles. The first kappa shape index (κ1) is 20.1. The van der Waals surface area contributed by atoms with Crippen molar-refractivity contribution in [1.82, 2.24) is 9.88 Å². The van der Waals surface area contributed by atoms with Gasteiger partial charge < -0.3 is 20.1 Å². The molecule has 0 radical (unpaired) electrons. The Labute approximate surface area is 166 Å². The van der Waals surface area contributed by atoms with Crippen LogP contribution >= 0.6 is 0 Å². The van der Waals surface area contributed by atoms with E-state index in [2.05, 4.69) is 11.9 Å². The average molecular weight is 383 g/mol. The van der Waals surface area contributed by atoms with Crippen LogP contribution in [0.25, 0.3) is 0 Å². The minimum atomic E-state index is 0.00337. The molecule has 2 aromatic rings. The number of hydrogen-bond acceptors (Lipinski definition) is 5. The third-order valence-electron chi connectivity index (χ3n) is 5.25. The second-order valence-corrected chi connectivity index (χ2v) is 7.16. The van der Waals surface area contributed by atoms with Gasteiger partial charge in [-0.2, -0.15) is 0 Å². The third-order valence-corrected chi connectivity index (χ3v) is 5.25. The second-order valence-electron chi connectivity index (χ2n) is 7.16. The molecule has 150 valence electrons. The highest BCUT2D eigenvalue weighted by Gasteiger charge is 2.31. The van der Waals surface area contributed by atoms with Crippen LogP contribution in [0.2, 0.25) is 0 Å². The Hall–Kier alpha value is -2.60. The molecule has 2 heterocycles. The molecule has 0 aliphatic carbocycles. The van der Waals surface area contributed by atoms with E-state index in [0.29, 0.717) is 42.7 Å². The molecule has 3 rings (SSSR count). The molecule has 1 saturated heterocycles. The van der Waals surface area contributed by atoms with Crippen LogP contribution < -0.4 is 15.2 Å². The largest absolute Gasteiger partial charge is 0.490 e. The van der Waals surface area contributed by atoms with Gasteiger partial charge in [-0.15, -0.1) is 0 Å². The second kappa shape index (κ2) is 9.55. The number of rotatable bonds is 7. The number of likely N-dealkylation sites (tertiary alicyclic amines) is 1. The average Bonchev–Trinajstić information content (AvgIpc) is 2.73. The zero-order chi connectivity index (χ0) is 19.9. The van der Waals surface area contributed by atoms with Crippen LogP contribution in [0.4, 0.5) is 0 Å². The lowest BCUT2D eigenvalue weighted by Crippen LogP contribution is -2.51. The van der Waals surface area contributed by atoms with E-state index >= 15 is 0 Å². The highest BCUT2D eigenvalue weighted by Crippen LogP contribution is 2.31. The predicted octanol–water partition coefficient (Wildman–Crippen LogP) is 3.26. The first-order valence-electron chi connectivity index (χ1n) is 9.93. The van der Waals surface area contributed by atoms with E-state index in [1.54, 1.807) is 24.5 Å². The summed E-state index contributed by atoms with van der Waals surface area (Å²) in [7, 11) is 0. The predicted molar refractivity (Wildman–Crippen MR) is 108 cm³/mol. The lowest BCUT2D eigenvalue weighted by molar-refractivity contribution is 0.0532. The summed E-state index contributed by atoms with van der Waals surface area (Å²) in [6.45, 7) is 6.22. The SMILES string of the molecule is CCOc1cc(C(=O)N2CCC[C@H](C)[C@H]2CN)ccc1OCc1ccncc1. The summed E-state index contributed by atoms with van der Waals surface area (Å²) in [5, 5.41) is 0. The van der Waals surface area contributed by atoms with Gasteiger partial charge in [0.2, 0.25) is 0 Å². The smallest absolute Gasteiger partial charge is 0.254 e. The van der Waals surface area contributed by atoms with Crippen molar-refractivity contribution >= 4 is 5.91 Å². The number of hydrogen-bond donors (Lipinski definition) is 1. The standard InChI is InChI=1S/C22H29N3O3/c1-3-27-21-13-18(22(26)25-12-4-5-16(2)19(25)14-23)6-7-20(21)28-15-17-8-10-24-11-9-17/h6-11,13,16,19H,3-5,12,14-15,23H2,1-2H3/t16-,19+/m0/s1. The first-order chi connectivity index (χ1) is 13.6. The zero-order valence-corrected chi connectivity index (χ0v) is 16.6. The minimum Gasteiger partial charge on any atom is -0.490 e. The lowest BCUT2D eigenvalue weighted by atomic mass is 9.90. The number of nitrogens with zero attached hydrogens (tertiary/aromatic N) is 2. The number of ether oxygens (including phenoxy) is 2. The summed E-state index contributed by atoms with van der Waals surface area (Å²) in [6.07, 6.45) is 5.58. The third kappa shape index (κ3) is 4.62. The van der Waals surface area contributed by atoms with Crippen LogP contribution in [0.5, 0.6) is 11.5 Å². The van der Waals surface area contributed by atoms with Crippen LogP contribution in [0, 0.1) is 5.92 Å². The van der Waals surface area contributed by atoms with Gasteiger partial charge >= 0.3 is 0 Å². The van der Waals surface area contributed by atoms with Crippen molar-refractivity contribution in [3.8, 4) is 11.5 Å². The van der Waals surface area contributed by atoms with Gasteiger partial charge in [0.1, 0.15) is 6.61 Å². The van der Waals surface area contributed by atoms with Gasteiger partial charge in [0.15, 0.2) is 11.5 Å². The summed E-state index contributed by atoms with van der Waals surface area (Å²) in [5.41, 5.74) is 7.58. The lowest BCUT2D eigenvalue weighted by Gasteiger charge is -2.39. The van der Waals surface area contributed by atoms with Gasteiger partial charge in [-0.3, -0.25) is 9.78 Å². The Kier molecular flexibility index (Phi) is 6.87. The Morgan fingerprint density at radius 2 is 2.00 bits per heavy atom. The van der Waals surface area contributed by atoms with E-state index in [9.17, 15) is 4.79 Å². The van der Waals surface area contributed by atoms with Crippen LogP contribution in [-0.2, 0) is 6.61 Å². The summed E-state index contributed by atoms with van der Waals surface area (Å²) in [6, 6.07) is 9.29. The van der Waals surface area contributed by atoms with Crippen LogP contribution in [-0.4, -0.2) is 41.5 Å². The van der Waals surface area contributed by atoms with Crippen LogP contribution in [0.1, 0.15) is 42.6 Å². The summed E-state index contributed by atoms with van der Waals surface area (Å²) in [4.78, 5) is 19.1. The normalized spacial score (nSPS) is 19.3. The molecule has 1 aromatic heterocycles. The first-order valence-corrected chi connectivity index (χ1v) is 9.93. The summed E-state index contributed by atoms with van der Waals surface area (Å²) < 4.78 is 11.7. The molecule has 1 amide bonds. The van der Waals surface area contributed by atoms with E-state index in [4.69, 9.17) is 15.2 Å². The highest BCUT2D eigenvalue weighted by atomic mass is 16.5. The van der Waals surface area contributed by atoms with Gasteiger partial charge in [-0.1, -0.05) is 6.92 Å². The molecule has 0 bridgehead atoms. The number of nitrogens with two attached hydrogens (primary N) is 1.